The van der Waals surface area contributed by atoms with Crippen LogP contribution in [0.15, 0.2) is 58.4 Å². The molecule has 2 aromatic carbocycles. The number of nitrogens with one attached hydrogen (secondary N) is 2. The van der Waals surface area contributed by atoms with E-state index in [1.165, 1.54) is 12.1 Å². The largest absolute Gasteiger partial charge is 0.356 e. The van der Waals surface area contributed by atoms with E-state index in [0.717, 1.165) is 35.1 Å². The molecule has 2 aromatic rings. The molecule has 28 heavy (non-hydrogen) atoms. The summed E-state index contributed by atoms with van der Waals surface area (Å²) in [6, 6.07) is 14.1. The first-order valence-corrected chi connectivity index (χ1v) is 10.1. The monoisotopic (exact) mass is 402 g/mol. The van der Waals surface area contributed by atoms with E-state index in [-0.39, 0.29) is 11.7 Å². The summed E-state index contributed by atoms with van der Waals surface area (Å²) in [6.45, 7) is 1.42. The molecular formula is C21H27FN4OS. The number of aliphatic imine (C=N–C) groups is 1. The van der Waals surface area contributed by atoms with Crippen LogP contribution in [0, 0.1) is 5.82 Å². The molecule has 7 heteroatoms. The zero-order valence-corrected chi connectivity index (χ0v) is 17.4. The number of hydrogen-bond acceptors (Lipinski definition) is 3. The van der Waals surface area contributed by atoms with Gasteiger partial charge >= 0.3 is 0 Å². The number of halogens is 1. The van der Waals surface area contributed by atoms with E-state index >= 15 is 0 Å². The topological polar surface area (TPSA) is 56.7 Å². The molecule has 0 atom stereocenters. The van der Waals surface area contributed by atoms with Gasteiger partial charge in [0.1, 0.15) is 5.82 Å². The van der Waals surface area contributed by atoms with E-state index in [0.29, 0.717) is 12.1 Å². The number of guanidine groups is 1. The molecule has 0 aliphatic heterocycles. The van der Waals surface area contributed by atoms with Crippen LogP contribution in [0.25, 0.3) is 0 Å². The van der Waals surface area contributed by atoms with Gasteiger partial charge in [0.25, 0.3) is 5.91 Å². The fraction of sp³-hybridized carbons (Fsp3) is 0.333. The Balaban J connectivity index is 1.68. The highest BCUT2D eigenvalue weighted by molar-refractivity contribution is 7.99. The Hall–Kier alpha value is -2.54. The molecule has 0 aliphatic carbocycles. The number of hydrogen-bond donors (Lipinski definition) is 2. The summed E-state index contributed by atoms with van der Waals surface area (Å²) in [4.78, 5) is 18.8. The zero-order chi connectivity index (χ0) is 20.4. The zero-order valence-electron chi connectivity index (χ0n) is 16.5. The summed E-state index contributed by atoms with van der Waals surface area (Å²) < 4.78 is 12.9. The SMILES string of the molecule is CN=C(NCCCSc1ccc(F)cc1)NCc1ccc(C(=O)N(C)C)cc1. The number of carbonyl (C=O) groups is 1. The first-order valence-electron chi connectivity index (χ1n) is 9.13. The smallest absolute Gasteiger partial charge is 0.253 e. The van der Waals surface area contributed by atoms with E-state index in [2.05, 4.69) is 15.6 Å². The third kappa shape index (κ3) is 7.23. The number of rotatable bonds is 8. The van der Waals surface area contributed by atoms with Gasteiger partial charge in [0.05, 0.1) is 0 Å². The number of carbonyl (C=O) groups excluding carboxylic acids is 1. The molecule has 0 bridgehead atoms. The highest BCUT2D eigenvalue weighted by atomic mass is 32.2. The molecule has 0 radical (unpaired) electrons. The minimum atomic E-state index is -0.208. The third-order valence-corrected chi connectivity index (χ3v) is 5.08. The molecule has 0 saturated carbocycles. The highest BCUT2D eigenvalue weighted by Gasteiger charge is 2.07. The molecule has 0 aliphatic rings. The Labute approximate surface area is 170 Å². The van der Waals surface area contributed by atoms with E-state index in [1.54, 1.807) is 49.9 Å². The lowest BCUT2D eigenvalue weighted by Crippen LogP contribution is -2.37. The predicted octanol–water partition coefficient (Wildman–Crippen LogP) is 3.37. The van der Waals surface area contributed by atoms with Crippen LogP contribution >= 0.6 is 11.8 Å². The van der Waals surface area contributed by atoms with Gasteiger partial charge in [-0.15, -0.1) is 11.8 Å². The fourth-order valence-electron chi connectivity index (χ4n) is 2.43. The molecule has 0 unspecified atom stereocenters. The van der Waals surface area contributed by atoms with Gasteiger partial charge in [-0.25, -0.2) is 4.39 Å². The average Bonchev–Trinajstić information content (AvgIpc) is 2.71. The molecular weight excluding hydrogens is 375 g/mol. The average molecular weight is 403 g/mol. The molecule has 0 aromatic heterocycles. The van der Waals surface area contributed by atoms with Crippen molar-refractivity contribution in [3.05, 3.63) is 65.5 Å². The first kappa shape index (κ1) is 21.8. The summed E-state index contributed by atoms with van der Waals surface area (Å²) in [5, 5.41) is 6.55. The van der Waals surface area contributed by atoms with Crippen molar-refractivity contribution in [3.63, 3.8) is 0 Å². The maximum atomic E-state index is 12.9. The lowest BCUT2D eigenvalue weighted by atomic mass is 10.1. The van der Waals surface area contributed by atoms with Crippen molar-refractivity contribution in [1.29, 1.82) is 0 Å². The van der Waals surface area contributed by atoms with E-state index < -0.39 is 0 Å². The molecule has 2 N–H and O–H groups in total. The molecule has 0 heterocycles. The predicted molar refractivity (Wildman–Crippen MR) is 114 cm³/mol. The van der Waals surface area contributed by atoms with Crippen molar-refractivity contribution in [2.45, 2.75) is 17.9 Å². The van der Waals surface area contributed by atoms with Crippen molar-refractivity contribution in [3.8, 4) is 0 Å². The molecule has 0 saturated heterocycles. The van der Waals surface area contributed by atoms with Crippen molar-refractivity contribution < 1.29 is 9.18 Å². The summed E-state index contributed by atoms with van der Waals surface area (Å²) in [7, 11) is 5.22. The van der Waals surface area contributed by atoms with Gasteiger partial charge in [-0.05, 0) is 54.1 Å². The van der Waals surface area contributed by atoms with Crippen molar-refractivity contribution in [2.24, 2.45) is 4.99 Å². The van der Waals surface area contributed by atoms with Crippen LogP contribution in [0.3, 0.4) is 0 Å². The standard InChI is InChI=1S/C21H27FN4OS/c1-23-21(24-13-4-14-28-19-11-9-18(22)10-12-19)25-15-16-5-7-17(8-6-16)20(27)26(2)3/h5-12H,4,13-15H2,1-3H3,(H2,23,24,25). The Morgan fingerprint density at radius 1 is 1.07 bits per heavy atom. The minimum absolute atomic E-state index is 0.00417. The number of thioether (sulfide) groups is 1. The Morgan fingerprint density at radius 3 is 2.36 bits per heavy atom. The van der Waals surface area contributed by atoms with Gasteiger partial charge < -0.3 is 15.5 Å². The van der Waals surface area contributed by atoms with E-state index in [9.17, 15) is 9.18 Å². The van der Waals surface area contributed by atoms with Crippen LogP contribution in [0.1, 0.15) is 22.3 Å². The van der Waals surface area contributed by atoms with Gasteiger partial charge in [0.15, 0.2) is 5.96 Å². The van der Waals surface area contributed by atoms with Crippen molar-refractivity contribution >= 4 is 23.6 Å². The van der Waals surface area contributed by atoms with Crippen LogP contribution < -0.4 is 10.6 Å². The second-order valence-electron chi connectivity index (χ2n) is 6.40. The first-order chi connectivity index (χ1) is 13.5. The quantitative estimate of drug-likeness (QED) is 0.308. The summed E-state index contributed by atoms with van der Waals surface area (Å²) in [5.74, 6) is 1.47. The molecule has 5 nitrogen and oxygen atoms in total. The van der Waals surface area contributed by atoms with Crippen LogP contribution in [-0.2, 0) is 6.54 Å². The second kappa shape index (κ2) is 11.3. The van der Waals surface area contributed by atoms with Crippen LogP contribution in [0.5, 0.6) is 0 Å². The minimum Gasteiger partial charge on any atom is -0.356 e. The lowest BCUT2D eigenvalue weighted by molar-refractivity contribution is 0.0827. The van der Waals surface area contributed by atoms with Crippen molar-refractivity contribution in [2.75, 3.05) is 33.4 Å². The number of amides is 1. The summed E-state index contributed by atoms with van der Waals surface area (Å²) in [5.41, 5.74) is 1.75. The van der Waals surface area contributed by atoms with Gasteiger partial charge in [0.2, 0.25) is 0 Å². The van der Waals surface area contributed by atoms with E-state index in [1.807, 2.05) is 24.3 Å². The van der Waals surface area contributed by atoms with Crippen LogP contribution in [0.2, 0.25) is 0 Å². The van der Waals surface area contributed by atoms with Gasteiger partial charge in [-0.3, -0.25) is 9.79 Å². The molecule has 2 rings (SSSR count). The number of benzene rings is 2. The van der Waals surface area contributed by atoms with Crippen LogP contribution in [-0.4, -0.2) is 50.2 Å². The highest BCUT2D eigenvalue weighted by Crippen LogP contribution is 2.18. The number of nitrogens with zero attached hydrogens (tertiary/aromatic N) is 2. The normalized spacial score (nSPS) is 11.2. The molecule has 150 valence electrons. The van der Waals surface area contributed by atoms with Crippen LogP contribution in [0.4, 0.5) is 4.39 Å². The molecule has 1 amide bonds. The lowest BCUT2D eigenvalue weighted by Gasteiger charge is -2.13. The summed E-state index contributed by atoms with van der Waals surface area (Å²) in [6.07, 6.45) is 0.962. The van der Waals surface area contributed by atoms with Gasteiger partial charge in [0, 0.05) is 44.7 Å². The maximum absolute atomic E-state index is 12.9. The van der Waals surface area contributed by atoms with Gasteiger partial charge in [-0.1, -0.05) is 12.1 Å². The Kier molecular flexibility index (Phi) is 8.81. The molecule has 0 fully saturated rings. The summed E-state index contributed by atoms with van der Waals surface area (Å²) >= 11 is 1.71. The Bertz CT molecular complexity index is 776. The Morgan fingerprint density at radius 2 is 1.75 bits per heavy atom. The van der Waals surface area contributed by atoms with E-state index in [4.69, 9.17) is 0 Å². The molecule has 0 spiro atoms. The maximum Gasteiger partial charge on any atom is 0.253 e. The second-order valence-corrected chi connectivity index (χ2v) is 7.57. The van der Waals surface area contributed by atoms with Crippen molar-refractivity contribution in [1.82, 2.24) is 15.5 Å². The third-order valence-electron chi connectivity index (χ3n) is 3.99. The van der Waals surface area contributed by atoms with Gasteiger partial charge in [-0.2, -0.15) is 0 Å². The fourth-order valence-corrected chi connectivity index (χ4v) is 3.28.